The maximum Gasteiger partial charge on any atom is 0.289 e. The Morgan fingerprint density at radius 3 is 2.42 bits per heavy atom. The standard InChI is InChI=1S/C19H20N4O3/c1-14(18(24)21-16-6-4-15(13-20)5-7-16)22-8-10-23(11-9-22)19(25)17-3-2-12-26-17/h2-7,12,14H,8-11H2,1H3,(H,21,24)/t14-/m1/s1. The third-order valence-electron chi connectivity index (χ3n) is 4.54. The number of rotatable bonds is 4. The van der Waals surface area contributed by atoms with E-state index < -0.39 is 0 Å². The lowest BCUT2D eigenvalue weighted by atomic mass is 10.2. The lowest BCUT2D eigenvalue weighted by Crippen LogP contribution is -2.54. The Labute approximate surface area is 151 Å². The van der Waals surface area contributed by atoms with Gasteiger partial charge >= 0.3 is 0 Å². The van der Waals surface area contributed by atoms with Crippen molar-refractivity contribution in [3.8, 4) is 6.07 Å². The van der Waals surface area contributed by atoms with Crippen LogP contribution in [0.2, 0.25) is 0 Å². The number of carbonyl (C=O) groups excluding carboxylic acids is 2. The number of furan rings is 1. The monoisotopic (exact) mass is 352 g/mol. The van der Waals surface area contributed by atoms with Crippen molar-refractivity contribution in [2.75, 3.05) is 31.5 Å². The smallest absolute Gasteiger partial charge is 0.289 e. The maximum atomic E-state index is 12.5. The van der Waals surface area contributed by atoms with Crippen LogP contribution in [0.5, 0.6) is 0 Å². The highest BCUT2D eigenvalue weighted by molar-refractivity contribution is 5.94. The van der Waals surface area contributed by atoms with Crippen LogP contribution in [0.15, 0.2) is 47.1 Å². The minimum absolute atomic E-state index is 0.111. The number of piperazine rings is 1. The predicted octanol–water partition coefficient (Wildman–Crippen LogP) is 1.94. The fourth-order valence-electron chi connectivity index (χ4n) is 2.91. The van der Waals surface area contributed by atoms with Crippen LogP contribution in [-0.4, -0.2) is 53.8 Å². The summed E-state index contributed by atoms with van der Waals surface area (Å²) in [5.41, 5.74) is 1.21. The quantitative estimate of drug-likeness (QED) is 0.908. The van der Waals surface area contributed by atoms with Crippen molar-refractivity contribution in [1.82, 2.24) is 9.80 Å². The SMILES string of the molecule is C[C@H](C(=O)Nc1ccc(C#N)cc1)N1CCN(C(=O)c2ccco2)CC1. The molecule has 7 heteroatoms. The first-order valence-electron chi connectivity index (χ1n) is 8.46. The normalized spacial score (nSPS) is 15.9. The van der Waals surface area contributed by atoms with Crippen LogP contribution < -0.4 is 5.32 Å². The first-order chi connectivity index (χ1) is 12.6. The molecule has 26 heavy (non-hydrogen) atoms. The summed E-state index contributed by atoms with van der Waals surface area (Å²) in [6, 6.07) is 11.8. The number of amides is 2. The lowest BCUT2D eigenvalue weighted by Gasteiger charge is -2.37. The second-order valence-electron chi connectivity index (χ2n) is 6.16. The molecule has 1 aromatic heterocycles. The van der Waals surface area contributed by atoms with Crippen molar-refractivity contribution in [3.05, 3.63) is 54.0 Å². The van der Waals surface area contributed by atoms with E-state index in [1.54, 1.807) is 41.3 Å². The number of nitrogens with zero attached hydrogens (tertiary/aromatic N) is 3. The van der Waals surface area contributed by atoms with Gasteiger partial charge in [-0.1, -0.05) is 0 Å². The maximum absolute atomic E-state index is 12.5. The molecule has 0 bridgehead atoms. The van der Waals surface area contributed by atoms with Crippen molar-refractivity contribution in [2.24, 2.45) is 0 Å². The van der Waals surface area contributed by atoms with Gasteiger partial charge in [-0.15, -0.1) is 0 Å². The van der Waals surface area contributed by atoms with Gasteiger partial charge in [0.2, 0.25) is 5.91 Å². The molecule has 3 rings (SSSR count). The molecule has 0 radical (unpaired) electrons. The van der Waals surface area contributed by atoms with Crippen LogP contribution in [0.3, 0.4) is 0 Å². The number of benzene rings is 1. The third kappa shape index (κ3) is 3.92. The van der Waals surface area contributed by atoms with Gasteiger partial charge in [0.05, 0.1) is 23.9 Å². The molecule has 0 unspecified atom stereocenters. The zero-order chi connectivity index (χ0) is 18.5. The molecule has 0 saturated carbocycles. The molecule has 134 valence electrons. The van der Waals surface area contributed by atoms with Crippen molar-refractivity contribution >= 4 is 17.5 Å². The molecular weight excluding hydrogens is 332 g/mol. The average molecular weight is 352 g/mol. The van der Waals surface area contributed by atoms with Crippen LogP contribution >= 0.6 is 0 Å². The highest BCUT2D eigenvalue weighted by Crippen LogP contribution is 2.14. The number of carbonyl (C=O) groups is 2. The lowest BCUT2D eigenvalue weighted by molar-refractivity contribution is -0.121. The second-order valence-corrected chi connectivity index (χ2v) is 6.16. The Kier molecular flexibility index (Phi) is 5.34. The number of nitriles is 1. The van der Waals surface area contributed by atoms with Crippen molar-refractivity contribution in [1.29, 1.82) is 5.26 Å². The van der Waals surface area contributed by atoms with E-state index in [1.165, 1.54) is 6.26 Å². The van der Waals surface area contributed by atoms with E-state index in [0.29, 0.717) is 43.2 Å². The van der Waals surface area contributed by atoms with E-state index in [0.717, 1.165) is 0 Å². The summed E-state index contributed by atoms with van der Waals surface area (Å²) in [5, 5.41) is 11.7. The molecule has 1 aliphatic heterocycles. The van der Waals surface area contributed by atoms with E-state index in [2.05, 4.69) is 5.32 Å². The molecule has 2 heterocycles. The Morgan fingerprint density at radius 2 is 1.85 bits per heavy atom. The van der Waals surface area contributed by atoms with Gasteiger partial charge in [0.1, 0.15) is 0 Å². The van der Waals surface area contributed by atoms with E-state index in [1.807, 2.05) is 17.9 Å². The van der Waals surface area contributed by atoms with Gasteiger partial charge in [0.15, 0.2) is 5.76 Å². The highest BCUT2D eigenvalue weighted by Gasteiger charge is 2.28. The van der Waals surface area contributed by atoms with Crippen molar-refractivity contribution in [2.45, 2.75) is 13.0 Å². The Balaban J connectivity index is 1.52. The Hall–Kier alpha value is -3.11. The van der Waals surface area contributed by atoms with Crippen molar-refractivity contribution in [3.63, 3.8) is 0 Å². The minimum Gasteiger partial charge on any atom is -0.459 e. The average Bonchev–Trinajstić information content (AvgIpc) is 3.22. The third-order valence-corrected chi connectivity index (χ3v) is 4.54. The Morgan fingerprint density at radius 1 is 1.15 bits per heavy atom. The molecule has 7 nitrogen and oxygen atoms in total. The number of anilines is 1. The topological polar surface area (TPSA) is 89.6 Å². The zero-order valence-electron chi connectivity index (χ0n) is 14.5. The largest absolute Gasteiger partial charge is 0.459 e. The summed E-state index contributed by atoms with van der Waals surface area (Å²) in [5.74, 6) is 0.106. The molecule has 1 fully saturated rings. The van der Waals surface area contributed by atoms with Gasteiger partial charge in [-0.05, 0) is 43.3 Å². The zero-order valence-corrected chi connectivity index (χ0v) is 14.5. The van der Waals surface area contributed by atoms with Crippen LogP contribution in [0.25, 0.3) is 0 Å². The summed E-state index contributed by atoms with van der Waals surface area (Å²) in [4.78, 5) is 28.5. The molecule has 1 aromatic carbocycles. The Bertz CT molecular complexity index is 800. The van der Waals surface area contributed by atoms with Gasteiger partial charge in [-0.2, -0.15) is 5.26 Å². The summed E-state index contributed by atoms with van der Waals surface area (Å²) in [6.07, 6.45) is 1.49. The van der Waals surface area contributed by atoms with Gasteiger partial charge in [0, 0.05) is 31.9 Å². The summed E-state index contributed by atoms with van der Waals surface area (Å²) in [7, 11) is 0. The molecule has 1 aliphatic rings. The van der Waals surface area contributed by atoms with Gasteiger partial charge in [-0.3, -0.25) is 14.5 Å². The van der Waals surface area contributed by atoms with E-state index in [4.69, 9.17) is 9.68 Å². The number of hydrogen-bond acceptors (Lipinski definition) is 5. The molecule has 1 atom stereocenters. The second kappa shape index (κ2) is 7.85. The number of hydrogen-bond donors (Lipinski definition) is 1. The number of nitrogens with one attached hydrogen (secondary N) is 1. The van der Waals surface area contributed by atoms with Gasteiger partial charge < -0.3 is 14.6 Å². The molecule has 2 amide bonds. The minimum atomic E-state index is -0.313. The summed E-state index contributed by atoms with van der Waals surface area (Å²) in [6.45, 7) is 4.19. The van der Waals surface area contributed by atoms with E-state index in [9.17, 15) is 9.59 Å². The van der Waals surface area contributed by atoms with Crippen LogP contribution in [0.1, 0.15) is 23.0 Å². The van der Waals surface area contributed by atoms with Crippen LogP contribution in [0.4, 0.5) is 5.69 Å². The highest BCUT2D eigenvalue weighted by atomic mass is 16.3. The fraction of sp³-hybridized carbons (Fsp3) is 0.316. The molecule has 0 spiro atoms. The van der Waals surface area contributed by atoms with Crippen LogP contribution in [0, 0.1) is 11.3 Å². The molecule has 1 N–H and O–H groups in total. The summed E-state index contributed by atoms with van der Waals surface area (Å²) >= 11 is 0. The predicted molar refractivity (Wildman–Crippen MR) is 95.4 cm³/mol. The van der Waals surface area contributed by atoms with E-state index >= 15 is 0 Å². The summed E-state index contributed by atoms with van der Waals surface area (Å²) < 4.78 is 5.15. The van der Waals surface area contributed by atoms with E-state index in [-0.39, 0.29) is 17.9 Å². The molecule has 1 saturated heterocycles. The van der Waals surface area contributed by atoms with Crippen LogP contribution in [-0.2, 0) is 4.79 Å². The molecule has 0 aliphatic carbocycles. The molecular formula is C19H20N4O3. The molecule has 2 aromatic rings. The first kappa shape index (κ1) is 17.7. The van der Waals surface area contributed by atoms with Gasteiger partial charge in [-0.25, -0.2) is 0 Å². The van der Waals surface area contributed by atoms with Gasteiger partial charge in [0.25, 0.3) is 5.91 Å². The first-order valence-corrected chi connectivity index (χ1v) is 8.46. The van der Waals surface area contributed by atoms with Crippen molar-refractivity contribution < 1.29 is 14.0 Å². The fourth-order valence-corrected chi connectivity index (χ4v) is 2.91.